The van der Waals surface area contributed by atoms with Crippen molar-refractivity contribution in [2.45, 2.75) is 19.4 Å². The lowest BCUT2D eigenvalue weighted by molar-refractivity contribution is -0.145. The summed E-state index contributed by atoms with van der Waals surface area (Å²) in [6, 6.07) is 2.34. The third kappa shape index (κ3) is 1.62. The van der Waals surface area contributed by atoms with Crippen LogP contribution < -0.4 is 4.74 Å². The Balaban J connectivity index is 2.42. The van der Waals surface area contributed by atoms with Gasteiger partial charge in [-0.15, -0.1) is 0 Å². The van der Waals surface area contributed by atoms with Gasteiger partial charge in [-0.05, 0) is 25.0 Å². The Bertz CT molecular complexity index is 445. The van der Waals surface area contributed by atoms with Gasteiger partial charge in [0.25, 0.3) is 0 Å². The summed E-state index contributed by atoms with van der Waals surface area (Å²) in [7, 11) is 0. The topological polar surface area (TPSA) is 46.5 Å². The third-order valence-corrected chi connectivity index (χ3v) is 2.76. The first kappa shape index (κ1) is 10.9. The maximum absolute atomic E-state index is 13.3. The summed E-state index contributed by atoms with van der Waals surface area (Å²) in [6.45, 7) is 1.53. The molecular formula is C11H10F2O3. The minimum atomic E-state index is -1.05. The first-order valence-electron chi connectivity index (χ1n) is 4.87. The van der Waals surface area contributed by atoms with Crippen LogP contribution in [0, 0.1) is 17.6 Å². The number of carboxylic acids is 1. The molecule has 2 unspecified atom stereocenters. The maximum atomic E-state index is 13.3. The van der Waals surface area contributed by atoms with Gasteiger partial charge in [-0.1, -0.05) is 6.07 Å². The molecule has 0 amide bonds. The molecule has 3 nitrogen and oxygen atoms in total. The van der Waals surface area contributed by atoms with Crippen LogP contribution in [0.2, 0.25) is 0 Å². The van der Waals surface area contributed by atoms with E-state index in [-0.39, 0.29) is 12.2 Å². The molecule has 1 N–H and O–H groups in total. The number of fused-ring (bicyclic) bond motifs is 1. The lowest BCUT2D eigenvalue weighted by Crippen LogP contribution is -2.36. The number of aliphatic carboxylic acids is 1. The van der Waals surface area contributed by atoms with Crippen LogP contribution in [0.5, 0.6) is 5.75 Å². The van der Waals surface area contributed by atoms with Gasteiger partial charge in [-0.25, -0.2) is 4.39 Å². The van der Waals surface area contributed by atoms with Crippen molar-refractivity contribution in [3.8, 4) is 5.75 Å². The predicted octanol–water partition coefficient (Wildman–Crippen LogP) is 1.99. The molecule has 1 heterocycles. The standard InChI is InChI=1S/C11H10F2O3/c1-5-7(11(14)15)4-6-2-3-8(12)9(13)10(6)16-5/h2-3,5,7H,4H2,1H3,(H,14,15). The van der Waals surface area contributed by atoms with Gasteiger partial charge in [0.2, 0.25) is 5.82 Å². The molecule has 1 aliphatic rings. The van der Waals surface area contributed by atoms with Crippen LogP contribution in [0.25, 0.3) is 0 Å². The van der Waals surface area contributed by atoms with E-state index in [0.717, 1.165) is 6.07 Å². The highest BCUT2D eigenvalue weighted by Crippen LogP contribution is 2.34. The Kier molecular flexibility index (Phi) is 2.53. The van der Waals surface area contributed by atoms with Crippen LogP contribution >= 0.6 is 0 Å². The summed E-state index contributed by atoms with van der Waals surface area (Å²) in [4.78, 5) is 10.9. The second-order valence-corrected chi connectivity index (χ2v) is 3.82. The molecule has 5 heteroatoms. The van der Waals surface area contributed by atoms with Crippen molar-refractivity contribution < 1.29 is 23.4 Å². The molecule has 0 bridgehead atoms. The van der Waals surface area contributed by atoms with Crippen molar-refractivity contribution in [2.24, 2.45) is 5.92 Å². The van der Waals surface area contributed by atoms with Crippen LogP contribution in [-0.4, -0.2) is 17.2 Å². The van der Waals surface area contributed by atoms with Crippen LogP contribution in [0.4, 0.5) is 8.78 Å². The van der Waals surface area contributed by atoms with Crippen LogP contribution in [-0.2, 0) is 11.2 Å². The first-order valence-corrected chi connectivity index (χ1v) is 4.87. The van der Waals surface area contributed by atoms with Crippen molar-refractivity contribution in [3.05, 3.63) is 29.3 Å². The van der Waals surface area contributed by atoms with Gasteiger partial charge in [0, 0.05) is 0 Å². The second-order valence-electron chi connectivity index (χ2n) is 3.82. The van der Waals surface area contributed by atoms with Gasteiger partial charge in [-0.2, -0.15) is 4.39 Å². The van der Waals surface area contributed by atoms with Crippen molar-refractivity contribution in [1.29, 1.82) is 0 Å². The Morgan fingerprint density at radius 2 is 2.19 bits per heavy atom. The molecule has 0 saturated heterocycles. The van der Waals surface area contributed by atoms with Gasteiger partial charge in [0.05, 0.1) is 5.92 Å². The van der Waals surface area contributed by atoms with Crippen molar-refractivity contribution in [2.75, 3.05) is 0 Å². The van der Waals surface area contributed by atoms with E-state index in [0.29, 0.717) is 5.56 Å². The molecule has 16 heavy (non-hydrogen) atoms. The third-order valence-electron chi connectivity index (χ3n) is 2.76. The van der Waals surface area contributed by atoms with Gasteiger partial charge in [0.1, 0.15) is 6.10 Å². The number of hydrogen-bond donors (Lipinski definition) is 1. The van der Waals surface area contributed by atoms with E-state index in [9.17, 15) is 13.6 Å². The highest BCUT2D eigenvalue weighted by molar-refractivity contribution is 5.72. The fourth-order valence-corrected chi connectivity index (χ4v) is 1.82. The monoisotopic (exact) mass is 228 g/mol. The number of carbonyl (C=O) groups is 1. The summed E-state index contributed by atoms with van der Waals surface area (Å²) in [5.41, 5.74) is 0.393. The van der Waals surface area contributed by atoms with Crippen LogP contribution in [0.15, 0.2) is 12.1 Å². The molecule has 1 aliphatic heterocycles. The minimum Gasteiger partial charge on any atom is -0.486 e. The molecular weight excluding hydrogens is 218 g/mol. The smallest absolute Gasteiger partial charge is 0.310 e. The largest absolute Gasteiger partial charge is 0.486 e. The summed E-state index contributed by atoms with van der Waals surface area (Å²) >= 11 is 0. The lowest BCUT2D eigenvalue weighted by Gasteiger charge is -2.28. The summed E-state index contributed by atoms with van der Waals surface area (Å²) in [6.07, 6.45) is -0.510. The maximum Gasteiger partial charge on any atom is 0.310 e. The minimum absolute atomic E-state index is 0.156. The molecule has 0 aliphatic carbocycles. The van der Waals surface area contributed by atoms with Gasteiger partial charge >= 0.3 is 5.97 Å². The first-order chi connectivity index (χ1) is 7.50. The van der Waals surface area contributed by atoms with E-state index < -0.39 is 29.6 Å². The number of halogens is 2. The van der Waals surface area contributed by atoms with Gasteiger partial charge in [-0.3, -0.25) is 4.79 Å². The van der Waals surface area contributed by atoms with E-state index in [1.165, 1.54) is 13.0 Å². The number of ether oxygens (including phenoxy) is 1. The fourth-order valence-electron chi connectivity index (χ4n) is 1.82. The second kappa shape index (κ2) is 3.73. The average Bonchev–Trinajstić information content (AvgIpc) is 2.23. The van der Waals surface area contributed by atoms with E-state index in [4.69, 9.17) is 9.84 Å². The number of benzene rings is 1. The number of carboxylic acid groups (broad SMARTS) is 1. The SMILES string of the molecule is CC1Oc2c(ccc(F)c2F)CC1C(=O)O. The molecule has 0 spiro atoms. The zero-order valence-electron chi connectivity index (χ0n) is 8.54. The summed E-state index contributed by atoms with van der Waals surface area (Å²) < 4.78 is 31.4. The Hall–Kier alpha value is -1.65. The lowest BCUT2D eigenvalue weighted by atomic mass is 9.91. The highest BCUT2D eigenvalue weighted by atomic mass is 19.2. The van der Waals surface area contributed by atoms with Crippen molar-refractivity contribution in [1.82, 2.24) is 0 Å². The van der Waals surface area contributed by atoms with Crippen LogP contribution in [0.1, 0.15) is 12.5 Å². The van der Waals surface area contributed by atoms with Crippen molar-refractivity contribution >= 4 is 5.97 Å². The van der Waals surface area contributed by atoms with Gasteiger partial charge in [0.15, 0.2) is 11.6 Å². The van der Waals surface area contributed by atoms with Crippen LogP contribution in [0.3, 0.4) is 0 Å². The predicted molar refractivity (Wildman–Crippen MR) is 51.3 cm³/mol. The van der Waals surface area contributed by atoms with E-state index in [2.05, 4.69) is 0 Å². The molecule has 86 valence electrons. The number of rotatable bonds is 1. The zero-order valence-corrected chi connectivity index (χ0v) is 8.54. The summed E-state index contributed by atoms with van der Waals surface area (Å²) in [5.74, 6) is -3.92. The van der Waals surface area contributed by atoms with Crippen molar-refractivity contribution in [3.63, 3.8) is 0 Å². The van der Waals surface area contributed by atoms with Gasteiger partial charge < -0.3 is 9.84 Å². The average molecular weight is 228 g/mol. The quantitative estimate of drug-likeness (QED) is 0.799. The molecule has 0 fully saturated rings. The molecule has 0 aromatic heterocycles. The van der Waals surface area contributed by atoms with E-state index in [1.807, 2.05) is 0 Å². The molecule has 1 aromatic rings. The molecule has 2 atom stereocenters. The zero-order chi connectivity index (χ0) is 11.9. The Labute approximate surface area is 90.7 Å². The number of hydrogen-bond acceptors (Lipinski definition) is 2. The molecule has 0 saturated carbocycles. The van der Waals surface area contributed by atoms with E-state index in [1.54, 1.807) is 0 Å². The normalized spacial score (nSPS) is 23.4. The Morgan fingerprint density at radius 1 is 1.50 bits per heavy atom. The molecule has 2 rings (SSSR count). The highest BCUT2D eigenvalue weighted by Gasteiger charge is 2.34. The molecule has 1 aromatic carbocycles. The summed E-state index contributed by atoms with van der Waals surface area (Å²) in [5, 5.41) is 8.91. The van der Waals surface area contributed by atoms with E-state index >= 15 is 0 Å². The molecule has 0 radical (unpaired) electrons. The Morgan fingerprint density at radius 3 is 2.81 bits per heavy atom. The fraction of sp³-hybridized carbons (Fsp3) is 0.364.